The van der Waals surface area contributed by atoms with Gasteiger partial charge in [0.05, 0.1) is 0 Å². The van der Waals surface area contributed by atoms with Gasteiger partial charge >= 0.3 is 18.1 Å². The molecule has 0 aliphatic carbocycles. The Morgan fingerprint density at radius 1 is 1.25 bits per heavy atom. The molecular formula is C20H27N3O5. The second-order valence-electron chi connectivity index (χ2n) is 7.25. The number of carboxylic acids is 1. The van der Waals surface area contributed by atoms with Crippen LogP contribution in [0.3, 0.4) is 0 Å². The predicted molar refractivity (Wildman–Crippen MR) is 103 cm³/mol. The lowest BCUT2D eigenvalue weighted by Crippen LogP contribution is -2.50. The number of hydrogen-bond donors (Lipinski definition) is 2. The van der Waals surface area contributed by atoms with E-state index in [0.29, 0.717) is 45.3 Å². The molecule has 2 N–H and O–H groups in total. The van der Waals surface area contributed by atoms with Crippen LogP contribution in [0.1, 0.15) is 38.2 Å². The van der Waals surface area contributed by atoms with Gasteiger partial charge < -0.3 is 25.0 Å². The van der Waals surface area contributed by atoms with E-state index in [1.165, 1.54) is 4.90 Å². The summed E-state index contributed by atoms with van der Waals surface area (Å²) in [6, 6.07) is 7.73. The smallest absolute Gasteiger partial charge is 0.410 e. The largest absolute Gasteiger partial charge is 0.479 e. The number of nitrogens with zero attached hydrogens (tertiary/aromatic N) is 2. The van der Waals surface area contributed by atoms with Crippen molar-refractivity contribution in [3.63, 3.8) is 0 Å². The zero-order valence-corrected chi connectivity index (χ0v) is 16.1. The van der Waals surface area contributed by atoms with Crippen LogP contribution in [-0.2, 0) is 16.0 Å². The number of ether oxygens (including phenoxy) is 1. The molecule has 2 aliphatic heterocycles. The number of para-hydroxylation sites is 1. The Kier molecular flexibility index (Phi) is 6.38. The highest BCUT2D eigenvalue weighted by molar-refractivity contribution is 5.91. The van der Waals surface area contributed by atoms with Gasteiger partial charge in [-0.2, -0.15) is 0 Å². The molecule has 8 heteroatoms. The van der Waals surface area contributed by atoms with Gasteiger partial charge in [-0.15, -0.1) is 0 Å². The van der Waals surface area contributed by atoms with Gasteiger partial charge in [-0.3, -0.25) is 0 Å². The average molecular weight is 389 g/mol. The maximum absolute atomic E-state index is 12.6. The zero-order valence-electron chi connectivity index (χ0n) is 16.1. The van der Waals surface area contributed by atoms with Crippen molar-refractivity contribution < 1.29 is 24.2 Å². The van der Waals surface area contributed by atoms with E-state index in [4.69, 9.17) is 9.84 Å². The maximum atomic E-state index is 12.6. The highest BCUT2D eigenvalue weighted by Gasteiger charge is 2.33. The van der Waals surface area contributed by atoms with Crippen molar-refractivity contribution in [2.75, 3.05) is 25.0 Å². The third-order valence-electron chi connectivity index (χ3n) is 5.37. The Morgan fingerprint density at radius 3 is 2.64 bits per heavy atom. The number of aliphatic carboxylic acids is 1. The molecule has 0 bridgehead atoms. The lowest BCUT2D eigenvalue weighted by atomic mass is 10.0. The number of hydrogen-bond acceptors (Lipinski definition) is 4. The minimum Gasteiger partial charge on any atom is -0.479 e. The summed E-state index contributed by atoms with van der Waals surface area (Å²) in [6.07, 6.45) is 1.30. The van der Waals surface area contributed by atoms with Gasteiger partial charge in [0.15, 0.2) is 0 Å². The third kappa shape index (κ3) is 4.55. The second-order valence-corrected chi connectivity index (χ2v) is 7.25. The summed E-state index contributed by atoms with van der Waals surface area (Å²) in [5.41, 5.74) is 1.97. The van der Waals surface area contributed by atoms with Crippen LogP contribution in [0.4, 0.5) is 15.3 Å². The number of piperidine rings is 1. The Balaban J connectivity index is 1.54. The number of rotatable bonds is 5. The van der Waals surface area contributed by atoms with Crippen molar-refractivity contribution in [2.45, 2.75) is 51.2 Å². The van der Waals surface area contributed by atoms with E-state index in [-0.39, 0.29) is 12.1 Å². The fraction of sp³-hybridized carbons (Fsp3) is 0.550. The first kappa shape index (κ1) is 20.0. The quantitative estimate of drug-likeness (QED) is 0.807. The normalized spacial score (nSPS) is 18.7. The van der Waals surface area contributed by atoms with Crippen LogP contribution >= 0.6 is 0 Å². The van der Waals surface area contributed by atoms with Gasteiger partial charge in [-0.05, 0) is 37.3 Å². The number of urea groups is 1. The molecule has 2 heterocycles. The standard InChI is InChI=1S/C20H27N3O5/c1-2-5-17(18(24)25)28-20(27)22-11-9-15(10-12-22)23-13-8-14-6-3-4-7-16(14)21-19(23)26/h3-4,6-7,15,17H,2,5,8-13H2,1H3,(H,21,26)(H,24,25). The van der Waals surface area contributed by atoms with Crippen LogP contribution in [0, 0.1) is 0 Å². The van der Waals surface area contributed by atoms with Gasteiger partial charge in [0.2, 0.25) is 6.10 Å². The average Bonchev–Trinajstić information content (AvgIpc) is 2.85. The number of carboxylic acid groups (broad SMARTS) is 1. The molecular weight excluding hydrogens is 362 g/mol. The lowest BCUT2D eigenvalue weighted by Gasteiger charge is -2.37. The molecule has 1 fully saturated rings. The predicted octanol–water partition coefficient (Wildman–Crippen LogP) is 2.93. The van der Waals surface area contributed by atoms with Crippen molar-refractivity contribution in [1.29, 1.82) is 0 Å². The number of carbonyl (C=O) groups is 3. The van der Waals surface area contributed by atoms with E-state index in [9.17, 15) is 14.4 Å². The van der Waals surface area contributed by atoms with Crippen LogP contribution < -0.4 is 5.32 Å². The highest BCUT2D eigenvalue weighted by Crippen LogP contribution is 2.24. The topological polar surface area (TPSA) is 99.2 Å². The van der Waals surface area contributed by atoms with Crippen LogP contribution in [0.2, 0.25) is 0 Å². The van der Waals surface area contributed by atoms with Gasteiger partial charge in [0.1, 0.15) is 0 Å². The Bertz CT molecular complexity index is 730. The summed E-state index contributed by atoms with van der Waals surface area (Å²) in [7, 11) is 0. The molecule has 3 amide bonds. The lowest BCUT2D eigenvalue weighted by molar-refractivity contribution is -0.147. The third-order valence-corrected chi connectivity index (χ3v) is 5.37. The minimum absolute atomic E-state index is 0.0456. The molecule has 28 heavy (non-hydrogen) atoms. The fourth-order valence-corrected chi connectivity index (χ4v) is 3.79. The van der Waals surface area contributed by atoms with E-state index in [0.717, 1.165) is 17.7 Å². The first-order valence-electron chi connectivity index (χ1n) is 9.83. The van der Waals surface area contributed by atoms with Crippen LogP contribution in [-0.4, -0.2) is 64.8 Å². The number of amides is 3. The van der Waals surface area contributed by atoms with Crippen LogP contribution in [0.15, 0.2) is 24.3 Å². The molecule has 0 spiro atoms. The molecule has 1 aromatic carbocycles. The van der Waals surface area contributed by atoms with E-state index in [2.05, 4.69) is 5.32 Å². The Labute approximate surface area is 164 Å². The SMILES string of the molecule is CCCC(OC(=O)N1CCC(N2CCc3ccccc3NC2=O)CC1)C(=O)O. The van der Waals surface area contributed by atoms with Crippen LogP contribution in [0.5, 0.6) is 0 Å². The summed E-state index contributed by atoms with van der Waals surface area (Å²) >= 11 is 0. The number of fused-ring (bicyclic) bond motifs is 1. The Hall–Kier alpha value is -2.77. The number of likely N-dealkylation sites (tertiary alicyclic amines) is 1. The number of anilines is 1. The number of carbonyl (C=O) groups excluding carboxylic acids is 2. The van der Waals surface area contributed by atoms with E-state index in [1.54, 1.807) is 0 Å². The van der Waals surface area contributed by atoms with Crippen molar-refractivity contribution in [2.24, 2.45) is 0 Å². The van der Waals surface area contributed by atoms with Crippen molar-refractivity contribution in [3.05, 3.63) is 29.8 Å². The second kappa shape index (κ2) is 8.95. The molecule has 152 valence electrons. The molecule has 1 atom stereocenters. The molecule has 2 aliphatic rings. The molecule has 1 unspecified atom stereocenters. The molecule has 0 aromatic heterocycles. The molecule has 1 saturated heterocycles. The first-order chi connectivity index (χ1) is 13.5. The number of nitrogens with one attached hydrogen (secondary N) is 1. The van der Waals surface area contributed by atoms with Gasteiger partial charge in [0, 0.05) is 31.4 Å². The van der Waals surface area contributed by atoms with E-state index >= 15 is 0 Å². The minimum atomic E-state index is -1.12. The highest BCUT2D eigenvalue weighted by atomic mass is 16.6. The van der Waals surface area contributed by atoms with E-state index in [1.807, 2.05) is 36.1 Å². The Morgan fingerprint density at radius 2 is 1.96 bits per heavy atom. The molecule has 3 rings (SSSR count). The van der Waals surface area contributed by atoms with Crippen molar-refractivity contribution in [1.82, 2.24) is 9.80 Å². The zero-order chi connectivity index (χ0) is 20.1. The molecule has 1 aromatic rings. The van der Waals surface area contributed by atoms with Gasteiger partial charge in [0.25, 0.3) is 0 Å². The summed E-state index contributed by atoms with van der Waals surface area (Å²) in [4.78, 5) is 39.5. The molecule has 0 saturated carbocycles. The first-order valence-corrected chi connectivity index (χ1v) is 9.83. The van der Waals surface area contributed by atoms with Crippen molar-refractivity contribution in [3.8, 4) is 0 Å². The summed E-state index contributed by atoms with van der Waals surface area (Å²) < 4.78 is 5.15. The number of benzene rings is 1. The fourth-order valence-electron chi connectivity index (χ4n) is 3.79. The van der Waals surface area contributed by atoms with Crippen LogP contribution in [0.25, 0.3) is 0 Å². The summed E-state index contributed by atoms with van der Waals surface area (Å²) in [6.45, 7) is 3.37. The monoisotopic (exact) mass is 389 g/mol. The van der Waals surface area contributed by atoms with E-state index < -0.39 is 18.2 Å². The van der Waals surface area contributed by atoms with Gasteiger partial charge in [-0.25, -0.2) is 14.4 Å². The van der Waals surface area contributed by atoms with Gasteiger partial charge in [-0.1, -0.05) is 31.5 Å². The maximum Gasteiger partial charge on any atom is 0.410 e. The molecule has 0 radical (unpaired) electrons. The summed E-state index contributed by atoms with van der Waals surface area (Å²) in [5.74, 6) is -1.12. The van der Waals surface area contributed by atoms with Crippen molar-refractivity contribution >= 4 is 23.8 Å². The summed E-state index contributed by atoms with van der Waals surface area (Å²) in [5, 5.41) is 12.1. The molecule has 8 nitrogen and oxygen atoms in total.